The Bertz CT molecular complexity index is 461. The van der Waals surface area contributed by atoms with Gasteiger partial charge in [-0.1, -0.05) is 12.1 Å². The number of benzene rings is 1. The number of hydrogen-bond donors (Lipinski definition) is 1. The Morgan fingerprint density at radius 2 is 2.30 bits per heavy atom. The summed E-state index contributed by atoms with van der Waals surface area (Å²) in [6.45, 7) is -0.472. The molecule has 0 aliphatic carbocycles. The van der Waals surface area contributed by atoms with Crippen LogP contribution in [0.15, 0.2) is 24.3 Å². The van der Waals surface area contributed by atoms with Gasteiger partial charge in [0, 0.05) is 6.61 Å². The van der Waals surface area contributed by atoms with E-state index in [4.69, 9.17) is 4.74 Å². The van der Waals surface area contributed by atoms with E-state index < -0.39 is 12.7 Å². The zero-order valence-corrected chi connectivity index (χ0v) is 11.1. The van der Waals surface area contributed by atoms with E-state index in [9.17, 15) is 13.6 Å². The Kier molecular flexibility index (Phi) is 4.89. The fourth-order valence-corrected chi connectivity index (χ4v) is 2.13. The predicted octanol–water partition coefficient (Wildman–Crippen LogP) is 2.64. The first-order valence-corrected chi connectivity index (χ1v) is 6.53. The van der Waals surface area contributed by atoms with Crippen molar-refractivity contribution in [2.24, 2.45) is 0 Å². The highest BCUT2D eigenvalue weighted by Gasteiger charge is 2.24. The largest absolute Gasteiger partial charge is 0.435 e. The lowest BCUT2D eigenvalue weighted by atomic mass is 10.1. The van der Waals surface area contributed by atoms with Crippen LogP contribution < -0.4 is 10.1 Å². The molecule has 110 valence electrons. The molecule has 0 unspecified atom stereocenters. The quantitative estimate of drug-likeness (QED) is 0.904. The second-order valence-corrected chi connectivity index (χ2v) is 4.68. The molecule has 0 saturated carbocycles. The third-order valence-corrected chi connectivity index (χ3v) is 3.16. The molecule has 0 radical (unpaired) electrons. The second-order valence-electron chi connectivity index (χ2n) is 4.68. The van der Waals surface area contributed by atoms with Crippen molar-refractivity contribution in [3.8, 4) is 5.75 Å². The van der Waals surface area contributed by atoms with Crippen LogP contribution in [0, 0.1) is 0 Å². The van der Waals surface area contributed by atoms with Gasteiger partial charge in [-0.25, -0.2) is 0 Å². The van der Waals surface area contributed by atoms with Crippen LogP contribution in [0.4, 0.5) is 8.78 Å². The molecule has 1 amide bonds. The van der Waals surface area contributed by atoms with Gasteiger partial charge in [-0.3, -0.25) is 4.79 Å². The van der Waals surface area contributed by atoms with Gasteiger partial charge >= 0.3 is 6.61 Å². The summed E-state index contributed by atoms with van der Waals surface area (Å²) in [5.74, 6) is -0.0918. The van der Waals surface area contributed by atoms with Gasteiger partial charge in [-0.2, -0.15) is 8.78 Å². The summed E-state index contributed by atoms with van der Waals surface area (Å²) in [6.07, 6.45) is 1.19. The summed E-state index contributed by atoms with van der Waals surface area (Å²) in [7, 11) is 0. The molecule has 20 heavy (non-hydrogen) atoms. The molecule has 2 rings (SSSR count). The van der Waals surface area contributed by atoms with Crippen LogP contribution in [-0.4, -0.2) is 25.2 Å². The van der Waals surface area contributed by atoms with Gasteiger partial charge in [0.2, 0.25) is 5.91 Å². The number of alkyl halides is 2. The summed E-state index contributed by atoms with van der Waals surface area (Å²) >= 11 is 0. The number of rotatable bonds is 5. The van der Waals surface area contributed by atoms with E-state index in [1.165, 1.54) is 12.1 Å². The fourth-order valence-electron chi connectivity index (χ4n) is 2.13. The molecule has 1 fully saturated rings. The van der Waals surface area contributed by atoms with Crippen LogP contribution in [-0.2, 0) is 9.53 Å². The number of carbonyl (C=O) groups is 1. The monoisotopic (exact) mass is 285 g/mol. The van der Waals surface area contributed by atoms with Crippen molar-refractivity contribution < 1.29 is 23.0 Å². The highest BCUT2D eigenvalue weighted by molar-refractivity contribution is 5.81. The first-order chi connectivity index (χ1) is 9.56. The molecule has 1 aliphatic heterocycles. The summed E-state index contributed by atoms with van der Waals surface area (Å²) in [6, 6.07) is 6.00. The van der Waals surface area contributed by atoms with Gasteiger partial charge in [-0.15, -0.1) is 0 Å². The van der Waals surface area contributed by atoms with E-state index in [1.54, 1.807) is 19.1 Å². The minimum Gasteiger partial charge on any atom is -0.435 e. The van der Waals surface area contributed by atoms with Gasteiger partial charge < -0.3 is 14.8 Å². The molecule has 1 aromatic rings. The van der Waals surface area contributed by atoms with Crippen LogP contribution in [0.3, 0.4) is 0 Å². The number of carbonyl (C=O) groups excluding carboxylic acids is 1. The van der Waals surface area contributed by atoms with E-state index in [-0.39, 0.29) is 17.7 Å². The number of hydrogen-bond acceptors (Lipinski definition) is 3. The van der Waals surface area contributed by atoms with Crippen molar-refractivity contribution in [3.05, 3.63) is 29.8 Å². The highest BCUT2D eigenvalue weighted by Crippen LogP contribution is 2.21. The van der Waals surface area contributed by atoms with E-state index >= 15 is 0 Å². The van der Waals surface area contributed by atoms with Crippen LogP contribution in [0.2, 0.25) is 0 Å². The van der Waals surface area contributed by atoms with Crippen LogP contribution in [0.5, 0.6) is 5.75 Å². The third-order valence-electron chi connectivity index (χ3n) is 3.16. The second kappa shape index (κ2) is 6.65. The summed E-state index contributed by atoms with van der Waals surface area (Å²) in [5, 5.41) is 2.81. The fraction of sp³-hybridized carbons (Fsp3) is 0.500. The Morgan fingerprint density at radius 3 is 2.95 bits per heavy atom. The molecule has 2 atom stereocenters. The molecular formula is C14H17F2NO3. The van der Waals surface area contributed by atoms with Gasteiger partial charge in [-0.05, 0) is 37.5 Å². The molecule has 4 nitrogen and oxygen atoms in total. The molecule has 1 N–H and O–H groups in total. The van der Waals surface area contributed by atoms with E-state index in [1.807, 2.05) is 0 Å². The normalized spacial score (nSPS) is 19.9. The van der Waals surface area contributed by atoms with Crippen LogP contribution >= 0.6 is 0 Å². The van der Waals surface area contributed by atoms with Gasteiger partial charge in [0.1, 0.15) is 11.9 Å². The van der Waals surface area contributed by atoms with Crippen molar-refractivity contribution in [1.29, 1.82) is 0 Å². The molecule has 1 aromatic carbocycles. The number of nitrogens with one attached hydrogen (secondary N) is 1. The molecule has 1 saturated heterocycles. The van der Waals surface area contributed by atoms with Crippen molar-refractivity contribution >= 4 is 5.91 Å². The number of ether oxygens (including phenoxy) is 2. The standard InChI is InChI=1S/C14H17F2NO3/c1-9(17-13(18)12-6-3-7-19-12)10-4-2-5-11(8-10)20-14(15)16/h2,4-5,8-9,12,14H,3,6-7H2,1H3,(H,17,18)/t9-,12-/m1/s1. The Balaban J connectivity index is 1.97. The summed E-state index contributed by atoms with van der Waals surface area (Å²) in [5.41, 5.74) is 0.703. The average Bonchev–Trinajstić information content (AvgIpc) is 2.92. The Morgan fingerprint density at radius 1 is 1.50 bits per heavy atom. The van der Waals surface area contributed by atoms with Crippen LogP contribution in [0.25, 0.3) is 0 Å². The van der Waals surface area contributed by atoms with Gasteiger partial charge in [0.05, 0.1) is 6.04 Å². The third kappa shape index (κ3) is 3.90. The molecule has 6 heteroatoms. The number of amides is 1. The van der Waals surface area contributed by atoms with Gasteiger partial charge in [0.25, 0.3) is 0 Å². The Labute approximate surface area is 116 Å². The van der Waals surface area contributed by atoms with E-state index in [0.29, 0.717) is 18.6 Å². The first kappa shape index (κ1) is 14.7. The zero-order valence-electron chi connectivity index (χ0n) is 11.1. The van der Waals surface area contributed by atoms with Gasteiger partial charge in [0.15, 0.2) is 0 Å². The topological polar surface area (TPSA) is 47.6 Å². The maximum atomic E-state index is 12.2. The predicted molar refractivity (Wildman–Crippen MR) is 68.6 cm³/mol. The summed E-state index contributed by atoms with van der Waals surface area (Å²) < 4.78 is 33.9. The zero-order chi connectivity index (χ0) is 14.5. The lowest BCUT2D eigenvalue weighted by Crippen LogP contribution is -2.35. The first-order valence-electron chi connectivity index (χ1n) is 6.53. The molecule has 1 aliphatic rings. The minimum atomic E-state index is -2.86. The summed E-state index contributed by atoms with van der Waals surface area (Å²) in [4.78, 5) is 11.9. The van der Waals surface area contributed by atoms with Crippen molar-refractivity contribution in [2.45, 2.75) is 38.5 Å². The SMILES string of the molecule is C[C@@H](NC(=O)[C@H]1CCCO1)c1cccc(OC(F)F)c1. The maximum Gasteiger partial charge on any atom is 0.387 e. The average molecular weight is 285 g/mol. The lowest BCUT2D eigenvalue weighted by molar-refractivity contribution is -0.130. The van der Waals surface area contributed by atoms with E-state index in [2.05, 4.69) is 10.1 Å². The highest BCUT2D eigenvalue weighted by atomic mass is 19.3. The minimum absolute atomic E-state index is 0.0794. The molecule has 0 bridgehead atoms. The maximum absolute atomic E-state index is 12.2. The lowest BCUT2D eigenvalue weighted by Gasteiger charge is -2.17. The molecule has 1 heterocycles. The molecular weight excluding hydrogens is 268 g/mol. The Hall–Kier alpha value is -1.69. The number of halogens is 2. The van der Waals surface area contributed by atoms with E-state index in [0.717, 1.165) is 6.42 Å². The molecule has 0 aromatic heterocycles. The van der Waals surface area contributed by atoms with Crippen molar-refractivity contribution in [3.63, 3.8) is 0 Å². The smallest absolute Gasteiger partial charge is 0.387 e. The van der Waals surface area contributed by atoms with Crippen molar-refractivity contribution in [2.75, 3.05) is 6.61 Å². The molecule has 0 spiro atoms. The van der Waals surface area contributed by atoms with Crippen molar-refractivity contribution in [1.82, 2.24) is 5.32 Å². The van der Waals surface area contributed by atoms with Crippen LogP contribution in [0.1, 0.15) is 31.4 Å².